The van der Waals surface area contributed by atoms with E-state index in [1.54, 1.807) is 6.07 Å². The Morgan fingerprint density at radius 1 is 1.08 bits per heavy atom. The number of hydrogen-bond acceptors (Lipinski definition) is 2. The average molecular weight is 360 g/mol. The summed E-state index contributed by atoms with van der Waals surface area (Å²) in [6, 6.07) is 7.15. The van der Waals surface area contributed by atoms with Crippen LogP contribution in [0.2, 0.25) is 0 Å². The van der Waals surface area contributed by atoms with E-state index in [1.807, 2.05) is 0 Å². The first kappa shape index (κ1) is 18.8. The number of fused-ring (bicyclic) bond motifs is 1. The number of carbonyl (C=O) groups excluding carboxylic acids is 1. The Balaban J connectivity index is 1.57. The molecule has 0 aromatic heterocycles. The smallest absolute Gasteiger partial charge is 0.314 e. The van der Waals surface area contributed by atoms with E-state index >= 15 is 0 Å². The van der Waals surface area contributed by atoms with Crippen LogP contribution in [0, 0.1) is 23.5 Å². The SMILES string of the molecule is CCCCCC1CCC(C(=O)Oc2ccc3c(F)c(F)ccc3c2)CC1. The highest BCUT2D eigenvalue weighted by Crippen LogP contribution is 2.33. The highest BCUT2D eigenvalue weighted by atomic mass is 19.2. The molecule has 0 radical (unpaired) electrons. The summed E-state index contributed by atoms with van der Waals surface area (Å²) in [6.07, 6.45) is 9.01. The first-order chi connectivity index (χ1) is 12.6. The van der Waals surface area contributed by atoms with Crippen molar-refractivity contribution in [1.29, 1.82) is 0 Å². The van der Waals surface area contributed by atoms with Gasteiger partial charge in [-0.2, -0.15) is 0 Å². The summed E-state index contributed by atoms with van der Waals surface area (Å²) in [7, 11) is 0. The highest BCUT2D eigenvalue weighted by molar-refractivity contribution is 5.85. The molecule has 26 heavy (non-hydrogen) atoms. The van der Waals surface area contributed by atoms with Crippen LogP contribution in [0.3, 0.4) is 0 Å². The summed E-state index contributed by atoms with van der Waals surface area (Å²) < 4.78 is 32.5. The quantitative estimate of drug-likeness (QED) is 0.338. The Morgan fingerprint density at radius 3 is 2.58 bits per heavy atom. The van der Waals surface area contributed by atoms with Crippen LogP contribution < -0.4 is 4.74 Å². The topological polar surface area (TPSA) is 26.3 Å². The van der Waals surface area contributed by atoms with Crippen LogP contribution in [0.15, 0.2) is 30.3 Å². The lowest BCUT2D eigenvalue weighted by Gasteiger charge is -2.27. The minimum atomic E-state index is -0.877. The van der Waals surface area contributed by atoms with Gasteiger partial charge in [0, 0.05) is 5.39 Å². The predicted octanol–water partition coefficient (Wildman–Crippen LogP) is 6.41. The van der Waals surface area contributed by atoms with Gasteiger partial charge in [-0.3, -0.25) is 4.79 Å². The van der Waals surface area contributed by atoms with E-state index in [0.29, 0.717) is 11.1 Å². The van der Waals surface area contributed by atoms with Crippen molar-refractivity contribution in [3.63, 3.8) is 0 Å². The monoisotopic (exact) mass is 360 g/mol. The third-order valence-corrected chi connectivity index (χ3v) is 5.49. The molecule has 0 aliphatic heterocycles. The first-order valence-electron chi connectivity index (χ1n) is 9.68. The molecule has 1 fully saturated rings. The maximum absolute atomic E-state index is 13.7. The van der Waals surface area contributed by atoms with E-state index in [2.05, 4.69) is 6.92 Å². The normalized spacial score (nSPS) is 20.3. The van der Waals surface area contributed by atoms with Crippen molar-refractivity contribution < 1.29 is 18.3 Å². The van der Waals surface area contributed by atoms with E-state index in [0.717, 1.165) is 37.7 Å². The van der Waals surface area contributed by atoms with Crippen molar-refractivity contribution >= 4 is 16.7 Å². The van der Waals surface area contributed by atoms with Gasteiger partial charge in [0.2, 0.25) is 0 Å². The Labute approximate surface area is 153 Å². The van der Waals surface area contributed by atoms with Gasteiger partial charge in [0.25, 0.3) is 0 Å². The van der Waals surface area contributed by atoms with Crippen LogP contribution in [0.25, 0.3) is 10.8 Å². The maximum atomic E-state index is 13.7. The molecule has 2 nitrogen and oxygen atoms in total. The molecule has 0 saturated heterocycles. The predicted molar refractivity (Wildman–Crippen MR) is 99.1 cm³/mol. The number of rotatable bonds is 6. The Bertz CT molecular complexity index is 764. The number of halogens is 2. The number of esters is 1. The minimum Gasteiger partial charge on any atom is -0.426 e. The van der Waals surface area contributed by atoms with Gasteiger partial charge >= 0.3 is 5.97 Å². The fourth-order valence-corrected chi connectivity index (χ4v) is 3.88. The van der Waals surface area contributed by atoms with Crippen molar-refractivity contribution in [2.75, 3.05) is 0 Å². The Morgan fingerprint density at radius 2 is 1.85 bits per heavy atom. The molecule has 3 rings (SSSR count). The molecule has 1 aliphatic rings. The second-order valence-electron chi connectivity index (χ2n) is 7.38. The molecule has 4 heteroatoms. The van der Waals surface area contributed by atoms with Gasteiger partial charge in [0.1, 0.15) is 5.75 Å². The number of benzene rings is 2. The molecule has 0 unspecified atom stereocenters. The lowest BCUT2D eigenvalue weighted by Crippen LogP contribution is -2.25. The van der Waals surface area contributed by atoms with Crippen molar-refractivity contribution in [3.05, 3.63) is 42.0 Å². The van der Waals surface area contributed by atoms with Crippen molar-refractivity contribution in [1.82, 2.24) is 0 Å². The van der Waals surface area contributed by atoms with Crippen LogP contribution in [0.1, 0.15) is 58.3 Å². The molecular formula is C22H26F2O2. The molecule has 1 saturated carbocycles. The van der Waals surface area contributed by atoms with Crippen molar-refractivity contribution in [2.24, 2.45) is 11.8 Å². The Kier molecular flexibility index (Phi) is 6.23. The van der Waals surface area contributed by atoms with Gasteiger partial charge < -0.3 is 4.74 Å². The first-order valence-corrected chi connectivity index (χ1v) is 9.68. The van der Waals surface area contributed by atoms with E-state index in [-0.39, 0.29) is 17.3 Å². The second-order valence-corrected chi connectivity index (χ2v) is 7.38. The average Bonchev–Trinajstić information content (AvgIpc) is 2.65. The van der Waals surface area contributed by atoms with Crippen LogP contribution in [-0.2, 0) is 4.79 Å². The standard InChI is InChI=1S/C22H26F2O2/c1-2-3-4-5-15-6-8-16(9-7-15)22(25)26-18-11-12-19-17(14-18)10-13-20(23)21(19)24/h10-16H,2-9H2,1H3. The molecule has 0 atom stereocenters. The maximum Gasteiger partial charge on any atom is 0.314 e. The minimum absolute atomic E-state index is 0.0573. The number of carbonyl (C=O) groups is 1. The van der Waals surface area contributed by atoms with Crippen LogP contribution in [-0.4, -0.2) is 5.97 Å². The lowest BCUT2D eigenvalue weighted by atomic mass is 9.80. The summed E-state index contributed by atoms with van der Waals surface area (Å²) in [5, 5.41) is 0.714. The molecule has 140 valence electrons. The van der Waals surface area contributed by atoms with Gasteiger partial charge in [-0.15, -0.1) is 0 Å². The highest BCUT2D eigenvalue weighted by Gasteiger charge is 2.27. The molecule has 0 N–H and O–H groups in total. The number of hydrogen-bond donors (Lipinski definition) is 0. The van der Waals surface area contributed by atoms with Gasteiger partial charge in [-0.25, -0.2) is 8.78 Å². The third kappa shape index (κ3) is 4.40. The summed E-state index contributed by atoms with van der Waals surface area (Å²) in [5.41, 5.74) is 0. The zero-order valence-corrected chi connectivity index (χ0v) is 15.3. The largest absolute Gasteiger partial charge is 0.426 e. The zero-order chi connectivity index (χ0) is 18.5. The molecule has 2 aromatic rings. The van der Waals surface area contributed by atoms with E-state index in [4.69, 9.17) is 4.74 Å². The molecule has 0 amide bonds. The summed E-state index contributed by atoms with van der Waals surface area (Å²) in [6.45, 7) is 2.21. The third-order valence-electron chi connectivity index (χ3n) is 5.49. The summed E-state index contributed by atoms with van der Waals surface area (Å²) in [4.78, 5) is 12.4. The fourth-order valence-electron chi connectivity index (χ4n) is 3.88. The van der Waals surface area contributed by atoms with Crippen molar-refractivity contribution in [2.45, 2.75) is 58.3 Å². The Hall–Kier alpha value is -1.97. The van der Waals surface area contributed by atoms with Gasteiger partial charge in [-0.05, 0) is 61.3 Å². The molecule has 0 bridgehead atoms. The van der Waals surface area contributed by atoms with Gasteiger partial charge in [0.05, 0.1) is 5.92 Å². The molecule has 2 aromatic carbocycles. The lowest BCUT2D eigenvalue weighted by molar-refractivity contribution is -0.140. The van der Waals surface area contributed by atoms with E-state index in [9.17, 15) is 13.6 Å². The van der Waals surface area contributed by atoms with Gasteiger partial charge in [-0.1, -0.05) is 38.7 Å². The zero-order valence-electron chi connectivity index (χ0n) is 15.3. The second kappa shape index (κ2) is 8.61. The summed E-state index contributed by atoms with van der Waals surface area (Å²) >= 11 is 0. The molecule has 0 heterocycles. The van der Waals surface area contributed by atoms with Crippen LogP contribution in [0.5, 0.6) is 5.75 Å². The number of ether oxygens (including phenoxy) is 1. The van der Waals surface area contributed by atoms with Crippen molar-refractivity contribution in [3.8, 4) is 5.75 Å². The van der Waals surface area contributed by atoms with E-state index < -0.39 is 11.6 Å². The molecular weight excluding hydrogens is 334 g/mol. The van der Waals surface area contributed by atoms with Gasteiger partial charge in [0.15, 0.2) is 11.6 Å². The fraction of sp³-hybridized carbons (Fsp3) is 0.500. The van der Waals surface area contributed by atoms with Crippen LogP contribution in [0.4, 0.5) is 8.78 Å². The number of unbranched alkanes of at least 4 members (excludes halogenated alkanes) is 2. The van der Waals surface area contributed by atoms with Crippen LogP contribution >= 0.6 is 0 Å². The molecule has 1 aliphatic carbocycles. The summed E-state index contributed by atoms with van der Waals surface area (Å²) in [5.74, 6) is -0.889. The molecule has 0 spiro atoms. The van der Waals surface area contributed by atoms with E-state index in [1.165, 1.54) is 43.9 Å².